The Morgan fingerprint density at radius 3 is 1.86 bits per heavy atom. The normalized spacial score (nSPS) is 12.9. The Balaban J connectivity index is 3.37. The lowest BCUT2D eigenvalue weighted by Gasteiger charge is -2.31. The van der Waals surface area contributed by atoms with Crippen LogP contribution >= 0.6 is 0 Å². The highest BCUT2D eigenvalue weighted by Gasteiger charge is 2.15. The molecule has 3 nitrogen and oxygen atoms in total. The van der Waals surface area contributed by atoms with Crippen LogP contribution in [0.3, 0.4) is 0 Å². The van der Waals surface area contributed by atoms with Crippen molar-refractivity contribution < 1.29 is 4.74 Å². The average molecular weight is 202 g/mol. The highest BCUT2D eigenvalue weighted by Crippen LogP contribution is 2.08. The molecule has 3 heteroatoms. The van der Waals surface area contributed by atoms with Gasteiger partial charge in [-0.05, 0) is 41.9 Å². The van der Waals surface area contributed by atoms with E-state index in [0.29, 0.717) is 0 Å². The van der Waals surface area contributed by atoms with E-state index in [1.807, 2.05) is 0 Å². The smallest absolute Gasteiger partial charge is 0.0594 e. The first-order chi connectivity index (χ1) is 6.34. The molecule has 0 heterocycles. The minimum absolute atomic E-state index is 0.241. The summed E-state index contributed by atoms with van der Waals surface area (Å²) in [6.07, 6.45) is 0. The molecule has 0 bridgehead atoms. The molecule has 0 saturated heterocycles. The van der Waals surface area contributed by atoms with Crippen molar-refractivity contribution in [3.8, 4) is 0 Å². The minimum atomic E-state index is 0.241. The minimum Gasteiger partial charge on any atom is -0.379 e. The average Bonchev–Trinajstić information content (AvgIpc) is 2.01. The van der Waals surface area contributed by atoms with Crippen molar-refractivity contribution in [1.82, 2.24) is 9.80 Å². The van der Waals surface area contributed by atoms with Crippen LogP contribution in [0, 0.1) is 0 Å². The van der Waals surface area contributed by atoms with Crippen LogP contribution in [0.25, 0.3) is 0 Å². The van der Waals surface area contributed by atoms with Gasteiger partial charge in [-0.2, -0.15) is 0 Å². The van der Waals surface area contributed by atoms with Crippen molar-refractivity contribution in [2.45, 2.75) is 26.3 Å². The second-order valence-corrected chi connectivity index (χ2v) is 5.01. The van der Waals surface area contributed by atoms with Gasteiger partial charge in [-0.3, -0.25) is 4.90 Å². The third-order valence-corrected chi connectivity index (χ3v) is 2.40. The molecule has 0 fully saturated rings. The van der Waals surface area contributed by atoms with Gasteiger partial charge in [-0.1, -0.05) is 0 Å². The van der Waals surface area contributed by atoms with Crippen molar-refractivity contribution in [2.75, 3.05) is 47.4 Å². The van der Waals surface area contributed by atoms with Crippen molar-refractivity contribution >= 4 is 0 Å². The van der Waals surface area contributed by atoms with E-state index in [2.05, 4.69) is 51.7 Å². The highest BCUT2D eigenvalue weighted by atomic mass is 16.5. The Morgan fingerprint density at radius 1 is 0.929 bits per heavy atom. The molecular weight excluding hydrogens is 176 g/mol. The van der Waals surface area contributed by atoms with Crippen molar-refractivity contribution in [3.63, 3.8) is 0 Å². The SMILES string of the molecule is CN(C)CCOCCN(C)C(C)(C)C. The van der Waals surface area contributed by atoms with Gasteiger partial charge in [0.25, 0.3) is 0 Å². The Bertz CT molecular complexity index is 141. The van der Waals surface area contributed by atoms with E-state index in [1.54, 1.807) is 0 Å². The third kappa shape index (κ3) is 7.30. The molecule has 0 atom stereocenters. The Morgan fingerprint density at radius 2 is 1.43 bits per heavy atom. The lowest BCUT2D eigenvalue weighted by atomic mass is 10.1. The van der Waals surface area contributed by atoms with Crippen LogP contribution in [0.2, 0.25) is 0 Å². The first kappa shape index (κ1) is 13.9. The van der Waals surface area contributed by atoms with E-state index in [4.69, 9.17) is 4.74 Å². The van der Waals surface area contributed by atoms with Gasteiger partial charge in [0.1, 0.15) is 0 Å². The predicted molar refractivity (Wildman–Crippen MR) is 61.8 cm³/mol. The van der Waals surface area contributed by atoms with Gasteiger partial charge < -0.3 is 9.64 Å². The number of hydrogen-bond donors (Lipinski definition) is 0. The summed E-state index contributed by atoms with van der Waals surface area (Å²) in [6, 6.07) is 0. The quantitative estimate of drug-likeness (QED) is 0.604. The second-order valence-electron chi connectivity index (χ2n) is 5.01. The summed E-state index contributed by atoms with van der Waals surface area (Å²) in [5, 5.41) is 0. The Hall–Kier alpha value is -0.120. The maximum atomic E-state index is 5.53. The zero-order valence-electron chi connectivity index (χ0n) is 10.6. The molecule has 0 rings (SSSR count). The summed E-state index contributed by atoms with van der Waals surface area (Å²) in [7, 11) is 6.25. The van der Waals surface area contributed by atoms with Gasteiger partial charge in [0, 0.05) is 18.6 Å². The molecule has 0 amide bonds. The molecule has 0 aliphatic heterocycles. The molecule has 0 aromatic carbocycles. The van der Waals surface area contributed by atoms with Gasteiger partial charge in [0.2, 0.25) is 0 Å². The largest absolute Gasteiger partial charge is 0.379 e. The fourth-order valence-corrected chi connectivity index (χ4v) is 0.886. The zero-order valence-corrected chi connectivity index (χ0v) is 10.6. The number of hydrogen-bond acceptors (Lipinski definition) is 3. The lowest BCUT2D eigenvalue weighted by molar-refractivity contribution is 0.0733. The predicted octanol–water partition coefficient (Wildman–Crippen LogP) is 1.29. The number of likely N-dealkylation sites (N-methyl/N-ethyl adjacent to an activating group) is 2. The molecular formula is C11H26N2O. The Labute approximate surface area is 89.0 Å². The molecule has 0 aliphatic rings. The molecule has 86 valence electrons. The third-order valence-electron chi connectivity index (χ3n) is 2.40. The summed E-state index contributed by atoms with van der Waals surface area (Å²) >= 11 is 0. The van der Waals surface area contributed by atoms with E-state index in [1.165, 1.54) is 0 Å². The standard InChI is InChI=1S/C11H26N2O/c1-11(2,3)13(6)8-10-14-9-7-12(4)5/h7-10H2,1-6H3. The van der Waals surface area contributed by atoms with Crippen LogP contribution in [0.1, 0.15) is 20.8 Å². The molecule has 14 heavy (non-hydrogen) atoms. The fourth-order valence-electron chi connectivity index (χ4n) is 0.886. The maximum Gasteiger partial charge on any atom is 0.0594 e. The van der Waals surface area contributed by atoms with E-state index in [0.717, 1.165) is 26.3 Å². The van der Waals surface area contributed by atoms with Crippen LogP contribution in [-0.4, -0.2) is 62.8 Å². The summed E-state index contributed by atoms with van der Waals surface area (Å²) in [5.41, 5.74) is 0.241. The fraction of sp³-hybridized carbons (Fsp3) is 1.00. The van der Waals surface area contributed by atoms with Crippen LogP contribution < -0.4 is 0 Å². The lowest BCUT2D eigenvalue weighted by Crippen LogP contribution is -2.40. The topological polar surface area (TPSA) is 15.7 Å². The molecule has 0 N–H and O–H groups in total. The van der Waals surface area contributed by atoms with Gasteiger partial charge in [0.05, 0.1) is 13.2 Å². The molecule has 0 unspecified atom stereocenters. The van der Waals surface area contributed by atoms with E-state index >= 15 is 0 Å². The first-order valence-electron chi connectivity index (χ1n) is 5.28. The van der Waals surface area contributed by atoms with Crippen LogP contribution in [-0.2, 0) is 4.74 Å². The van der Waals surface area contributed by atoms with Gasteiger partial charge in [-0.25, -0.2) is 0 Å². The maximum absolute atomic E-state index is 5.53. The first-order valence-corrected chi connectivity index (χ1v) is 5.28. The van der Waals surface area contributed by atoms with Crippen LogP contribution in [0.15, 0.2) is 0 Å². The number of ether oxygens (including phenoxy) is 1. The molecule has 0 aromatic rings. The zero-order chi connectivity index (χ0) is 11.2. The van der Waals surface area contributed by atoms with Gasteiger partial charge >= 0.3 is 0 Å². The monoisotopic (exact) mass is 202 g/mol. The van der Waals surface area contributed by atoms with Crippen LogP contribution in [0.4, 0.5) is 0 Å². The van der Waals surface area contributed by atoms with Crippen molar-refractivity contribution in [1.29, 1.82) is 0 Å². The summed E-state index contributed by atoms with van der Waals surface area (Å²) in [5.74, 6) is 0. The van der Waals surface area contributed by atoms with Crippen molar-refractivity contribution in [2.24, 2.45) is 0 Å². The van der Waals surface area contributed by atoms with Gasteiger partial charge in [0.15, 0.2) is 0 Å². The molecule has 0 saturated carbocycles. The van der Waals surface area contributed by atoms with Crippen LogP contribution in [0.5, 0.6) is 0 Å². The molecule has 0 aromatic heterocycles. The van der Waals surface area contributed by atoms with Gasteiger partial charge in [-0.15, -0.1) is 0 Å². The van der Waals surface area contributed by atoms with E-state index in [-0.39, 0.29) is 5.54 Å². The highest BCUT2D eigenvalue weighted by molar-refractivity contribution is 4.72. The number of nitrogens with zero attached hydrogens (tertiary/aromatic N) is 2. The second kappa shape index (κ2) is 6.38. The summed E-state index contributed by atoms with van der Waals surface area (Å²) in [6.45, 7) is 10.3. The van der Waals surface area contributed by atoms with Crippen molar-refractivity contribution in [3.05, 3.63) is 0 Å². The molecule has 0 radical (unpaired) electrons. The Kier molecular flexibility index (Phi) is 6.33. The summed E-state index contributed by atoms with van der Waals surface area (Å²) < 4.78 is 5.53. The number of rotatable bonds is 6. The molecule has 0 aliphatic carbocycles. The molecule has 0 spiro atoms. The summed E-state index contributed by atoms with van der Waals surface area (Å²) in [4.78, 5) is 4.44. The van der Waals surface area contributed by atoms with E-state index in [9.17, 15) is 0 Å². The van der Waals surface area contributed by atoms with E-state index < -0.39 is 0 Å².